The maximum absolute atomic E-state index is 15.1. The maximum atomic E-state index is 15.1. The summed E-state index contributed by atoms with van der Waals surface area (Å²) in [6.07, 6.45) is 2.58. The summed E-state index contributed by atoms with van der Waals surface area (Å²) in [5, 5.41) is 10.6. The molecule has 3 aromatic heterocycles. The maximum Gasteiger partial charge on any atom is 0.336 e. The Hall–Kier alpha value is -4.39. The summed E-state index contributed by atoms with van der Waals surface area (Å²) >= 11 is 6.03. The first-order valence-corrected chi connectivity index (χ1v) is 10.7. The lowest BCUT2D eigenvalue weighted by Crippen LogP contribution is -2.48. The van der Waals surface area contributed by atoms with E-state index in [9.17, 15) is 14.0 Å². The van der Waals surface area contributed by atoms with Crippen LogP contribution in [-0.2, 0) is 0 Å². The molecule has 0 spiro atoms. The van der Waals surface area contributed by atoms with E-state index >= 15 is 4.39 Å². The number of benzene rings is 1. The molecule has 36 heavy (non-hydrogen) atoms. The summed E-state index contributed by atoms with van der Waals surface area (Å²) in [5.41, 5.74) is 2.56. The molecule has 1 atom stereocenters. The second kappa shape index (κ2) is 10.1. The number of carbonyl (C=O) groups is 2. The molecule has 2 N–H and O–H groups in total. The number of rotatable bonds is 5. The van der Waals surface area contributed by atoms with Crippen LogP contribution in [0.3, 0.4) is 0 Å². The van der Waals surface area contributed by atoms with E-state index in [0.717, 1.165) is 17.1 Å². The van der Waals surface area contributed by atoms with E-state index in [0.29, 0.717) is 0 Å². The third kappa shape index (κ3) is 5.15. The standard InChI is InChI=1S/C22H18ClF2N7O4/c1-10(28-22(34)32(3)30-21(33)17-4-5-27-36-17)19-16(25)6-12(9-26-19)14-7-13(23)8-15(24)18(14)20-29-11(2)35-31-20/h4-10H,1-3H3,(H,28,34)(H,30,33)/t10-/m1/s1. The van der Waals surface area contributed by atoms with Gasteiger partial charge in [-0.25, -0.2) is 18.6 Å². The van der Waals surface area contributed by atoms with Gasteiger partial charge in [-0.3, -0.25) is 15.2 Å². The van der Waals surface area contributed by atoms with Crippen molar-refractivity contribution in [1.82, 2.24) is 36.0 Å². The summed E-state index contributed by atoms with van der Waals surface area (Å²) in [6, 6.07) is 3.32. The van der Waals surface area contributed by atoms with Gasteiger partial charge in [-0.1, -0.05) is 21.9 Å². The minimum Gasteiger partial charge on any atom is -0.351 e. The van der Waals surface area contributed by atoms with E-state index in [-0.39, 0.29) is 44.9 Å². The van der Waals surface area contributed by atoms with Crippen molar-refractivity contribution in [1.29, 1.82) is 0 Å². The van der Waals surface area contributed by atoms with E-state index in [4.69, 9.17) is 20.6 Å². The Morgan fingerprint density at radius 3 is 2.58 bits per heavy atom. The van der Waals surface area contributed by atoms with E-state index < -0.39 is 29.6 Å². The Balaban J connectivity index is 1.54. The van der Waals surface area contributed by atoms with Crippen LogP contribution in [0.1, 0.15) is 35.1 Å². The average molecular weight is 518 g/mol. The van der Waals surface area contributed by atoms with Gasteiger partial charge in [0, 0.05) is 36.8 Å². The lowest BCUT2D eigenvalue weighted by molar-refractivity contribution is 0.0814. The predicted octanol–water partition coefficient (Wildman–Crippen LogP) is 4.07. The molecule has 0 bridgehead atoms. The summed E-state index contributed by atoms with van der Waals surface area (Å²) in [7, 11) is 1.29. The highest BCUT2D eigenvalue weighted by Gasteiger charge is 2.23. The number of aryl methyl sites for hydroxylation is 1. The minimum absolute atomic E-state index is 0.0304. The molecule has 0 aliphatic carbocycles. The molecule has 0 saturated heterocycles. The van der Waals surface area contributed by atoms with Crippen molar-refractivity contribution in [2.75, 3.05) is 7.05 Å². The molecule has 3 heterocycles. The predicted molar refractivity (Wildman–Crippen MR) is 121 cm³/mol. The quantitative estimate of drug-likeness (QED) is 0.377. The molecule has 0 aliphatic heterocycles. The van der Waals surface area contributed by atoms with E-state index in [1.54, 1.807) is 6.92 Å². The summed E-state index contributed by atoms with van der Waals surface area (Å²) in [6.45, 7) is 3.05. The molecule has 4 aromatic rings. The minimum atomic E-state index is -0.897. The van der Waals surface area contributed by atoms with Crippen molar-refractivity contribution in [3.8, 4) is 22.5 Å². The van der Waals surface area contributed by atoms with Gasteiger partial charge >= 0.3 is 11.9 Å². The lowest BCUT2D eigenvalue weighted by atomic mass is 9.99. The molecular weight excluding hydrogens is 500 g/mol. The fourth-order valence-electron chi connectivity index (χ4n) is 3.29. The first-order chi connectivity index (χ1) is 17.1. The Bertz CT molecular complexity index is 1430. The summed E-state index contributed by atoms with van der Waals surface area (Å²) in [4.78, 5) is 32.6. The van der Waals surface area contributed by atoms with Crippen LogP contribution in [0.5, 0.6) is 0 Å². The van der Waals surface area contributed by atoms with Crippen molar-refractivity contribution < 1.29 is 27.4 Å². The Kier molecular flexibility index (Phi) is 6.92. The Morgan fingerprint density at radius 1 is 1.17 bits per heavy atom. The van der Waals surface area contributed by atoms with Crippen molar-refractivity contribution in [3.63, 3.8) is 0 Å². The molecule has 0 saturated carbocycles. The molecule has 1 aromatic carbocycles. The third-order valence-electron chi connectivity index (χ3n) is 4.97. The van der Waals surface area contributed by atoms with Crippen molar-refractivity contribution in [2.45, 2.75) is 19.9 Å². The van der Waals surface area contributed by atoms with Crippen LogP contribution in [0.2, 0.25) is 5.02 Å². The normalized spacial score (nSPS) is 11.7. The number of halogens is 3. The molecule has 0 radical (unpaired) electrons. The van der Waals surface area contributed by atoms with E-state index in [2.05, 4.69) is 31.0 Å². The highest BCUT2D eigenvalue weighted by molar-refractivity contribution is 6.31. The Morgan fingerprint density at radius 2 is 1.94 bits per heavy atom. The van der Waals surface area contributed by atoms with Crippen molar-refractivity contribution >= 4 is 23.5 Å². The highest BCUT2D eigenvalue weighted by Crippen LogP contribution is 2.36. The van der Waals surface area contributed by atoms with Crippen LogP contribution in [-0.4, -0.2) is 44.3 Å². The van der Waals surface area contributed by atoms with Crippen LogP contribution in [0, 0.1) is 18.6 Å². The molecule has 0 aliphatic rings. The largest absolute Gasteiger partial charge is 0.351 e. The number of hydrogen-bond acceptors (Lipinski definition) is 8. The Labute approximate surface area is 207 Å². The molecule has 4 rings (SSSR count). The van der Waals surface area contributed by atoms with Crippen LogP contribution in [0.4, 0.5) is 13.6 Å². The number of nitrogens with zero attached hydrogens (tertiary/aromatic N) is 5. The van der Waals surface area contributed by atoms with Crippen LogP contribution in [0.25, 0.3) is 22.5 Å². The number of hydrogen-bond donors (Lipinski definition) is 2. The second-order valence-electron chi connectivity index (χ2n) is 7.59. The number of amides is 3. The third-order valence-corrected chi connectivity index (χ3v) is 5.19. The van der Waals surface area contributed by atoms with Gasteiger partial charge in [0.25, 0.3) is 0 Å². The zero-order chi connectivity index (χ0) is 26.0. The number of carbonyl (C=O) groups excluding carboxylic acids is 2. The van der Waals surface area contributed by atoms with Crippen molar-refractivity contribution in [3.05, 3.63) is 70.7 Å². The van der Waals surface area contributed by atoms with Gasteiger partial charge in [-0.2, -0.15) is 4.98 Å². The average Bonchev–Trinajstić information content (AvgIpc) is 3.50. The SMILES string of the molecule is Cc1nc(-c2c(F)cc(Cl)cc2-c2cnc([C@@H](C)NC(=O)N(C)NC(=O)c3ccno3)c(F)c2)no1. The van der Waals surface area contributed by atoms with Gasteiger partial charge in [-0.15, -0.1) is 0 Å². The fourth-order valence-corrected chi connectivity index (χ4v) is 3.49. The molecule has 186 valence electrons. The fraction of sp³-hybridized carbons (Fsp3) is 0.182. The van der Waals surface area contributed by atoms with E-state index in [1.807, 2.05) is 0 Å². The topological polar surface area (TPSA) is 139 Å². The molecule has 3 amide bonds. The molecule has 11 nitrogen and oxygen atoms in total. The number of hydrazine groups is 1. The summed E-state index contributed by atoms with van der Waals surface area (Å²) < 4.78 is 39.5. The van der Waals surface area contributed by atoms with Gasteiger partial charge in [-0.05, 0) is 30.7 Å². The molecule has 0 fully saturated rings. The van der Waals surface area contributed by atoms with Gasteiger partial charge in [0.15, 0.2) is 0 Å². The summed E-state index contributed by atoms with van der Waals surface area (Å²) in [5.74, 6) is -2.11. The number of urea groups is 1. The number of nitrogens with one attached hydrogen (secondary N) is 2. The molecular formula is C22H18ClF2N7O4. The smallest absolute Gasteiger partial charge is 0.336 e. The van der Waals surface area contributed by atoms with Crippen LogP contribution < -0.4 is 10.7 Å². The second-order valence-corrected chi connectivity index (χ2v) is 8.02. The zero-order valence-corrected chi connectivity index (χ0v) is 19.8. The van der Waals surface area contributed by atoms with Crippen molar-refractivity contribution in [2.24, 2.45) is 0 Å². The number of pyridine rings is 1. The van der Waals surface area contributed by atoms with Crippen LogP contribution >= 0.6 is 11.6 Å². The first-order valence-electron chi connectivity index (χ1n) is 10.4. The van der Waals surface area contributed by atoms with E-state index in [1.165, 1.54) is 38.5 Å². The zero-order valence-electron chi connectivity index (χ0n) is 19.0. The first kappa shape index (κ1) is 24.7. The van der Waals surface area contributed by atoms with Crippen LogP contribution in [0.15, 0.2) is 45.7 Å². The highest BCUT2D eigenvalue weighted by atomic mass is 35.5. The molecule has 14 heteroatoms. The molecule has 0 unspecified atom stereocenters. The van der Waals surface area contributed by atoms with Gasteiger partial charge in [0.1, 0.15) is 11.6 Å². The number of aromatic nitrogens is 4. The van der Waals surface area contributed by atoms with Gasteiger partial charge < -0.3 is 14.4 Å². The van der Waals surface area contributed by atoms with Gasteiger partial charge in [0.05, 0.1) is 23.5 Å². The lowest BCUT2D eigenvalue weighted by Gasteiger charge is -2.21. The monoisotopic (exact) mass is 517 g/mol. The van der Waals surface area contributed by atoms with Gasteiger partial charge in [0.2, 0.25) is 17.5 Å².